The summed E-state index contributed by atoms with van der Waals surface area (Å²) < 4.78 is 46.0. The third-order valence-corrected chi connectivity index (χ3v) is 5.24. The van der Waals surface area contributed by atoms with E-state index in [1.165, 1.54) is 6.07 Å². The van der Waals surface area contributed by atoms with Gasteiger partial charge in [-0.25, -0.2) is 9.97 Å². The first-order chi connectivity index (χ1) is 14.4. The molecule has 0 aliphatic carbocycles. The summed E-state index contributed by atoms with van der Waals surface area (Å²) in [4.78, 5) is 22.0. The average molecular weight is 418 g/mol. The molecule has 1 fully saturated rings. The van der Waals surface area contributed by atoms with Gasteiger partial charge in [0.25, 0.3) is 0 Å². The van der Waals surface area contributed by atoms with Crippen molar-refractivity contribution in [3.05, 3.63) is 54.1 Å². The second-order valence-corrected chi connectivity index (χ2v) is 7.26. The van der Waals surface area contributed by atoms with Crippen molar-refractivity contribution in [2.45, 2.75) is 25.4 Å². The third-order valence-electron chi connectivity index (χ3n) is 5.24. The monoisotopic (exact) mass is 418 g/mol. The van der Waals surface area contributed by atoms with Crippen LogP contribution in [0.25, 0.3) is 11.0 Å². The van der Waals surface area contributed by atoms with Crippen LogP contribution < -0.4 is 10.2 Å². The summed E-state index contributed by atoms with van der Waals surface area (Å²) in [6.07, 6.45) is -1.51. The number of piperidine rings is 1. The van der Waals surface area contributed by atoms with Gasteiger partial charge >= 0.3 is 6.18 Å². The van der Waals surface area contributed by atoms with Crippen molar-refractivity contribution in [1.29, 1.82) is 0 Å². The van der Waals surface area contributed by atoms with Gasteiger partial charge in [0.1, 0.15) is 5.76 Å². The van der Waals surface area contributed by atoms with Crippen molar-refractivity contribution >= 4 is 22.8 Å². The minimum Gasteiger partial charge on any atom is -0.469 e. The van der Waals surface area contributed by atoms with E-state index in [4.69, 9.17) is 4.42 Å². The number of hydrogen-bond acceptors (Lipinski definition) is 5. The summed E-state index contributed by atoms with van der Waals surface area (Å²) in [6.45, 7) is 1.08. The van der Waals surface area contributed by atoms with Gasteiger partial charge in [0.2, 0.25) is 5.91 Å². The Kier molecular flexibility index (Phi) is 5.61. The largest absolute Gasteiger partial charge is 0.469 e. The SMILES string of the molecule is O=C(NCCc1ccco1)C1CCN(c2nc3ccccc3nc2C(F)(F)F)CC1. The van der Waals surface area contributed by atoms with E-state index in [9.17, 15) is 18.0 Å². The molecule has 6 nitrogen and oxygen atoms in total. The van der Waals surface area contributed by atoms with Crippen molar-refractivity contribution in [2.75, 3.05) is 24.5 Å². The molecular formula is C21H21F3N4O2. The van der Waals surface area contributed by atoms with Crippen LogP contribution in [0.5, 0.6) is 0 Å². The van der Waals surface area contributed by atoms with Crippen molar-refractivity contribution in [2.24, 2.45) is 5.92 Å². The molecule has 1 N–H and O–H groups in total. The Hall–Kier alpha value is -3.10. The van der Waals surface area contributed by atoms with Gasteiger partial charge in [-0.2, -0.15) is 13.2 Å². The molecule has 4 rings (SSSR count). The van der Waals surface area contributed by atoms with E-state index >= 15 is 0 Å². The standard InChI is InChI=1S/C21H21F3N4O2/c22-21(23,24)18-19(27-17-6-2-1-5-16(17)26-18)28-11-8-14(9-12-28)20(29)25-10-7-15-4-3-13-30-15/h1-6,13-14H,7-12H2,(H,25,29). The molecule has 0 radical (unpaired) electrons. The van der Waals surface area contributed by atoms with E-state index in [1.54, 1.807) is 35.4 Å². The summed E-state index contributed by atoms with van der Waals surface area (Å²) in [5.74, 6) is 0.306. The van der Waals surface area contributed by atoms with Crippen molar-refractivity contribution in [1.82, 2.24) is 15.3 Å². The highest BCUT2D eigenvalue weighted by atomic mass is 19.4. The number of nitrogens with zero attached hydrogens (tertiary/aromatic N) is 3. The lowest BCUT2D eigenvalue weighted by molar-refractivity contribution is -0.140. The quantitative estimate of drug-likeness (QED) is 0.682. The topological polar surface area (TPSA) is 71.3 Å². The molecule has 2 aromatic heterocycles. The Morgan fingerprint density at radius 3 is 2.43 bits per heavy atom. The van der Waals surface area contributed by atoms with Gasteiger partial charge in [-0.15, -0.1) is 0 Å². The highest BCUT2D eigenvalue weighted by Crippen LogP contribution is 2.36. The number of hydrogen-bond donors (Lipinski definition) is 1. The van der Waals surface area contributed by atoms with Crippen LogP contribution in [0.2, 0.25) is 0 Å². The number of para-hydroxylation sites is 2. The molecular weight excluding hydrogens is 397 g/mol. The summed E-state index contributed by atoms with van der Waals surface area (Å²) in [7, 11) is 0. The van der Waals surface area contributed by atoms with E-state index in [0.717, 1.165) is 5.76 Å². The molecule has 1 amide bonds. The number of carbonyl (C=O) groups excluding carboxylic acids is 1. The van der Waals surface area contributed by atoms with Crippen molar-refractivity contribution < 1.29 is 22.4 Å². The zero-order chi connectivity index (χ0) is 21.1. The van der Waals surface area contributed by atoms with Crippen LogP contribution in [-0.4, -0.2) is 35.5 Å². The third kappa shape index (κ3) is 4.39. The van der Waals surface area contributed by atoms with Gasteiger partial charge in [-0.1, -0.05) is 12.1 Å². The van der Waals surface area contributed by atoms with Crippen molar-refractivity contribution in [3.8, 4) is 0 Å². The fraction of sp³-hybridized carbons (Fsp3) is 0.381. The molecule has 3 heterocycles. The lowest BCUT2D eigenvalue weighted by Gasteiger charge is -2.33. The molecule has 158 valence electrons. The van der Waals surface area contributed by atoms with Crippen LogP contribution in [0, 0.1) is 5.92 Å². The van der Waals surface area contributed by atoms with Crippen LogP contribution in [0.1, 0.15) is 24.3 Å². The molecule has 1 aliphatic heterocycles. The lowest BCUT2D eigenvalue weighted by atomic mass is 9.95. The number of aromatic nitrogens is 2. The molecule has 0 bridgehead atoms. The number of rotatable bonds is 5. The zero-order valence-corrected chi connectivity index (χ0v) is 16.2. The second kappa shape index (κ2) is 8.33. The first kappa shape index (κ1) is 20.2. The predicted molar refractivity (Wildman–Crippen MR) is 105 cm³/mol. The molecule has 1 aliphatic rings. The smallest absolute Gasteiger partial charge is 0.437 e. The van der Waals surface area contributed by atoms with E-state index < -0.39 is 11.9 Å². The molecule has 30 heavy (non-hydrogen) atoms. The van der Waals surface area contributed by atoms with E-state index in [0.29, 0.717) is 44.4 Å². The number of carbonyl (C=O) groups is 1. The number of furan rings is 1. The highest BCUT2D eigenvalue weighted by molar-refractivity contribution is 5.79. The maximum atomic E-state index is 13.6. The normalized spacial score (nSPS) is 15.5. The van der Waals surface area contributed by atoms with Crippen LogP contribution in [0.4, 0.5) is 19.0 Å². The Morgan fingerprint density at radius 1 is 1.10 bits per heavy atom. The van der Waals surface area contributed by atoms with Gasteiger partial charge < -0.3 is 14.6 Å². The van der Waals surface area contributed by atoms with Crippen LogP contribution in [0.15, 0.2) is 47.1 Å². The fourth-order valence-electron chi connectivity index (χ4n) is 3.66. The molecule has 3 aromatic rings. The van der Waals surface area contributed by atoms with Crippen LogP contribution in [-0.2, 0) is 17.4 Å². The summed E-state index contributed by atoms with van der Waals surface area (Å²) in [6, 6.07) is 10.1. The molecule has 9 heteroatoms. The molecule has 0 saturated carbocycles. The minimum atomic E-state index is -4.60. The fourth-order valence-corrected chi connectivity index (χ4v) is 3.66. The Morgan fingerprint density at radius 2 is 1.80 bits per heavy atom. The number of anilines is 1. The number of nitrogens with one attached hydrogen (secondary N) is 1. The minimum absolute atomic E-state index is 0.0816. The number of halogens is 3. The number of amides is 1. The maximum absolute atomic E-state index is 13.6. The van der Waals surface area contributed by atoms with Gasteiger partial charge in [0, 0.05) is 32.0 Å². The first-order valence-electron chi connectivity index (χ1n) is 9.81. The van der Waals surface area contributed by atoms with Gasteiger partial charge in [0.05, 0.1) is 17.3 Å². The highest BCUT2D eigenvalue weighted by Gasteiger charge is 2.39. The summed E-state index contributed by atoms with van der Waals surface area (Å²) >= 11 is 0. The number of fused-ring (bicyclic) bond motifs is 1. The number of alkyl halides is 3. The zero-order valence-electron chi connectivity index (χ0n) is 16.2. The molecule has 0 atom stereocenters. The van der Waals surface area contributed by atoms with E-state index in [1.807, 2.05) is 6.07 Å². The Labute approximate surface area is 171 Å². The van der Waals surface area contributed by atoms with Crippen molar-refractivity contribution in [3.63, 3.8) is 0 Å². The van der Waals surface area contributed by atoms with E-state index in [2.05, 4.69) is 15.3 Å². The summed E-state index contributed by atoms with van der Waals surface area (Å²) in [5, 5.41) is 2.88. The average Bonchev–Trinajstić information content (AvgIpc) is 3.26. The Bertz CT molecular complexity index is 1010. The lowest BCUT2D eigenvalue weighted by Crippen LogP contribution is -2.42. The van der Waals surface area contributed by atoms with Gasteiger partial charge in [-0.3, -0.25) is 4.79 Å². The van der Waals surface area contributed by atoms with Crippen LogP contribution >= 0.6 is 0 Å². The second-order valence-electron chi connectivity index (χ2n) is 7.26. The molecule has 0 unspecified atom stereocenters. The van der Waals surface area contributed by atoms with Crippen LogP contribution in [0.3, 0.4) is 0 Å². The molecule has 0 spiro atoms. The van der Waals surface area contributed by atoms with Gasteiger partial charge in [-0.05, 0) is 37.1 Å². The van der Waals surface area contributed by atoms with E-state index in [-0.39, 0.29) is 23.2 Å². The molecule has 1 aromatic carbocycles. The maximum Gasteiger partial charge on any atom is 0.437 e. The molecule has 1 saturated heterocycles. The summed E-state index contributed by atoms with van der Waals surface area (Å²) in [5.41, 5.74) is -0.361. The Balaban J connectivity index is 1.42. The predicted octanol–water partition coefficient (Wildman–Crippen LogP) is 3.82. The number of benzene rings is 1. The first-order valence-corrected chi connectivity index (χ1v) is 9.81. The van der Waals surface area contributed by atoms with Gasteiger partial charge in [0.15, 0.2) is 11.5 Å².